The average molecular weight is 428 g/mol. The zero-order valence-electron chi connectivity index (χ0n) is 18.0. The van der Waals surface area contributed by atoms with E-state index in [2.05, 4.69) is 10.1 Å². The van der Waals surface area contributed by atoms with E-state index in [4.69, 9.17) is 13.9 Å². The molecule has 31 heavy (non-hydrogen) atoms. The van der Waals surface area contributed by atoms with E-state index in [1.54, 1.807) is 24.3 Å². The number of carbonyl (C=O) groups excluding carboxylic acids is 3. The highest BCUT2D eigenvalue weighted by atomic mass is 16.5. The summed E-state index contributed by atoms with van der Waals surface area (Å²) in [6.07, 6.45) is 1.55. The van der Waals surface area contributed by atoms with Gasteiger partial charge in [-0.05, 0) is 56.7 Å². The second kappa shape index (κ2) is 8.55. The predicted molar refractivity (Wildman–Crippen MR) is 110 cm³/mol. The first kappa shape index (κ1) is 21.9. The van der Waals surface area contributed by atoms with Gasteiger partial charge in [-0.15, -0.1) is 0 Å². The Morgan fingerprint density at radius 3 is 2.52 bits per heavy atom. The Balaban J connectivity index is 1.78. The summed E-state index contributed by atoms with van der Waals surface area (Å²) in [5.41, 5.74) is 0.355. The summed E-state index contributed by atoms with van der Waals surface area (Å²) >= 11 is 0. The number of amides is 3. The number of imide groups is 1. The molecule has 0 bridgehead atoms. The van der Waals surface area contributed by atoms with E-state index in [1.807, 2.05) is 20.8 Å². The van der Waals surface area contributed by atoms with Crippen molar-refractivity contribution in [3.8, 4) is 11.5 Å². The minimum atomic E-state index is -0.642. The van der Waals surface area contributed by atoms with E-state index in [-0.39, 0.29) is 23.8 Å². The molecule has 1 saturated heterocycles. The van der Waals surface area contributed by atoms with Crippen molar-refractivity contribution >= 4 is 24.0 Å². The molecule has 1 aromatic carbocycles. The fraction of sp³-hybridized carbons (Fsp3) is 0.318. The van der Waals surface area contributed by atoms with Gasteiger partial charge in [-0.1, -0.05) is 6.07 Å². The van der Waals surface area contributed by atoms with Crippen molar-refractivity contribution in [2.75, 3.05) is 14.2 Å². The van der Waals surface area contributed by atoms with Crippen LogP contribution in [0.5, 0.6) is 11.5 Å². The Morgan fingerprint density at radius 1 is 1.13 bits per heavy atom. The van der Waals surface area contributed by atoms with Crippen molar-refractivity contribution in [3.63, 3.8) is 0 Å². The van der Waals surface area contributed by atoms with E-state index in [0.29, 0.717) is 17.1 Å². The number of ether oxygens (including phenoxy) is 3. The summed E-state index contributed by atoms with van der Waals surface area (Å²) < 4.78 is 21.2. The van der Waals surface area contributed by atoms with Crippen LogP contribution < -0.4 is 14.8 Å². The lowest BCUT2D eigenvalue weighted by Crippen LogP contribution is -2.30. The zero-order valence-corrected chi connectivity index (χ0v) is 18.0. The molecule has 2 aromatic rings. The summed E-state index contributed by atoms with van der Waals surface area (Å²) in [6, 6.07) is 7.55. The van der Waals surface area contributed by atoms with Crippen molar-refractivity contribution in [2.45, 2.75) is 32.9 Å². The van der Waals surface area contributed by atoms with Crippen molar-refractivity contribution in [1.29, 1.82) is 0 Å². The van der Waals surface area contributed by atoms with Gasteiger partial charge in [0.15, 0.2) is 11.5 Å². The van der Waals surface area contributed by atoms with Crippen LogP contribution in [0.4, 0.5) is 4.79 Å². The van der Waals surface area contributed by atoms with Gasteiger partial charge in [-0.2, -0.15) is 0 Å². The third-order valence-electron chi connectivity index (χ3n) is 4.24. The summed E-state index contributed by atoms with van der Waals surface area (Å²) in [6.45, 7) is 5.66. The SMILES string of the molecule is COC(=O)c1ccc(CN2C(=O)N/C(=C\c3ccc(OC(C)(C)C)c(OC)c3)C2=O)o1. The van der Waals surface area contributed by atoms with Crippen LogP contribution >= 0.6 is 0 Å². The van der Waals surface area contributed by atoms with E-state index in [9.17, 15) is 14.4 Å². The molecular formula is C22H24N2O7. The van der Waals surface area contributed by atoms with Crippen molar-refractivity contribution in [3.05, 3.63) is 53.1 Å². The quantitative estimate of drug-likeness (QED) is 0.427. The van der Waals surface area contributed by atoms with Gasteiger partial charge in [0.05, 0.1) is 20.8 Å². The Labute approximate surface area is 179 Å². The number of hydrogen-bond acceptors (Lipinski definition) is 7. The van der Waals surface area contributed by atoms with Crippen LogP contribution in [0.15, 0.2) is 40.4 Å². The fourth-order valence-electron chi connectivity index (χ4n) is 2.90. The van der Waals surface area contributed by atoms with Gasteiger partial charge in [-0.3, -0.25) is 9.69 Å². The lowest BCUT2D eigenvalue weighted by Gasteiger charge is -2.22. The molecule has 2 heterocycles. The topological polar surface area (TPSA) is 107 Å². The Hall–Kier alpha value is -3.75. The second-order valence-corrected chi connectivity index (χ2v) is 7.76. The monoisotopic (exact) mass is 428 g/mol. The standard InChI is InChI=1S/C22H24N2O7/c1-22(2,3)31-16-8-6-13(11-18(16)28-4)10-15-19(25)24(21(27)23-15)12-14-7-9-17(30-14)20(26)29-5/h6-11H,12H2,1-5H3,(H,23,27)/b15-10-. The number of urea groups is 1. The largest absolute Gasteiger partial charge is 0.493 e. The molecule has 0 aliphatic carbocycles. The molecule has 3 amide bonds. The molecule has 0 spiro atoms. The van der Waals surface area contributed by atoms with E-state index in [1.165, 1.54) is 26.4 Å². The minimum Gasteiger partial charge on any atom is -0.493 e. The molecule has 0 unspecified atom stereocenters. The molecule has 9 heteroatoms. The minimum absolute atomic E-state index is 0.00928. The molecule has 164 valence electrons. The summed E-state index contributed by atoms with van der Waals surface area (Å²) in [4.78, 5) is 37.5. The molecule has 1 fully saturated rings. The van der Waals surface area contributed by atoms with E-state index in [0.717, 1.165) is 4.90 Å². The van der Waals surface area contributed by atoms with Gasteiger partial charge >= 0.3 is 12.0 Å². The van der Waals surface area contributed by atoms with Crippen LogP contribution in [0.1, 0.15) is 42.6 Å². The first-order valence-corrected chi connectivity index (χ1v) is 9.50. The summed E-state index contributed by atoms with van der Waals surface area (Å²) in [5.74, 6) is 0.177. The first-order chi connectivity index (χ1) is 14.6. The van der Waals surface area contributed by atoms with Crippen LogP contribution in [0, 0.1) is 0 Å². The van der Waals surface area contributed by atoms with Gasteiger partial charge in [0.25, 0.3) is 5.91 Å². The first-order valence-electron chi connectivity index (χ1n) is 9.50. The van der Waals surface area contributed by atoms with Crippen molar-refractivity contribution in [1.82, 2.24) is 10.2 Å². The number of benzene rings is 1. The molecule has 0 radical (unpaired) electrons. The predicted octanol–water partition coefficient (Wildman–Crippen LogP) is 3.35. The lowest BCUT2D eigenvalue weighted by molar-refractivity contribution is -0.123. The third kappa shape index (κ3) is 5.06. The number of rotatable bonds is 6. The third-order valence-corrected chi connectivity index (χ3v) is 4.24. The van der Waals surface area contributed by atoms with Gasteiger partial charge in [0, 0.05) is 0 Å². The van der Waals surface area contributed by atoms with Crippen LogP contribution in [0.2, 0.25) is 0 Å². The molecule has 9 nitrogen and oxygen atoms in total. The van der Waals surface area contributed by atoms with Crippen molar-refractivity contribution in [2.24, 2.45) is 0 Å². The molecule has 1 aliphatic heterocycles. The maximum Gasteiger partial charge on any atom is 0.373 e. The van der Waals surface area contributed by atoms with Gasteiger partial charge in [-0.25, -0.2) is 9.59 Å². The molecule has 1 aliphatic rings. The number of carbonyl (C=O) groups is 3. The zero-order chi connectivity index (χ0) is 22.8. The van der Waals surface area contributed by atoms with Gasteiger partial charge in [0.1, 0.15) is 17.1 Å². The van der Waals surface area contributed by atoms with Gasteiger partial charge in [0.2, 0.25) is 5.76 Å². The second-order valence-electron chi connectivity index (χ2n) is 7.76. The molecule has 1 N–H and O–H groups in total. The number of nitrogens with zero attached hydrogens (tertiary/aromatic N) is 1. The highest BCUT2D eigenvalue weighted by Crippen LogP contribution is 2.32. The number of methoxy groups -OCH3 is 2. The highest BCUT2D eigenvalue weighted by molar-refractivity contribution is 6.13. The Bertz CT molecular complexity index is 1050. The lowest BCUT2D eigenvalue weighted by atomic mass is 10.1. The molecular weight excluding hydrogens is 404 g/mol. The summed E-state index contributed by atoms with van der Waals surface area (Å²) in [5, 5.41) is 2.55. The smallest absolute Gasteiger partial charge is 0.373 e. The molecule has 0 saturated carbocycles. The number of nitrogens with one attached hydrogen (secondary N) is 1. The Kier molecular flexibility index (Phi) is 6.05. The van der Waals surface area contributed by atoms with Crippen LogP contribution in [-0.2, 0) is 16.1 Å². The maximum absolute atomic E-state index is 12.7. The van der Waals surface area contributed by atoms with E-state index < -0.39 is 23.5 Å². The maximum atomic E-state index is 12.7. The fourth-order valence-corrected chi connectivity index (χ4v) is 2.90. The van der Waals surface area contributed by atoms with Crippen LogP contribution in [0.25, 0.3) is 6.08 Å². The van der Waals surface area contributed by atoms with Crippen LogP contribution in [0.3, 0.4) is 0 Å². The van der Waals surface area contributed by atoms with E-state index >= 15 is 0 Å². The number of furan rings is 1. The molecule has 0 atom stereocenters. The molecule has 3 rings (SSSR count). The molecule has 1 aromatic heterocycles. The average Bonchev–Trinajstić information content (AvgIpc) is 3.28. The number of hydrogen-bond donors (Lipinski definition) is 1. The normalized spacial score (nSPS) is 15.3. The highest BCUT2D eigenvalue weighted by Gasteiger charge is 2.34. The Morgan fingerprint density at radius 2 is 1.87 bits per heavy atom. The van der Waals surface area contributed by atoms with Crippen LogP contribution in [-0.4, -0.2) is 42.6 Å². The van der Waals surface area contributed by atoms with Crippen molar-refractivity contribution < 1.29 is 33.0 Å². The van der Waals surface area contributed by atoms with Gasteiger partial charge < -0.3 is 23.9 Å². The summed E-state index contributed by atoms with van der Waals surface area (Å²) in [7, 11) is 2.76. The number of esters is 1.